The fourth-order valence-corrected chi connectivity index (χ4v) is 6.15. The van der Waals surface area contributed by atoms with Gasteiger partial charge in [0.05, 0.1) is 33.6 Å². The van der Waals surface area contributed by atoms with Crippen LogP contribution in [-0.4, -0.2) is 71.2 Å². The molecule has 0 aliphatic heterocycles. The molecule has 2 heterocycles. The summed E-state index contributed by atoms with van der Waals surface area (Å²) >= 11 is 0. The molecule has 0 atom stereocenters. The van der Waals surface area contributed by atoms with Crippen molar-refractivity contribution in [3.05, 3.63) is 80.8 Å². The van der Waals surface area contributed by atoms with Crippen molar-refractivity contribution >= 4 is 29.0 Å². The van der Waals surface area contributed by atoms with Gasteiger partial charge < -0.3 is 38.1 Å². The highest BCUT2D eigenvalue weighted by molar-refractivity contribution is 5.96. The van der Waals surface area contributed by atoms with Crippen molar-refractivity contribution in [1.82, 2.24) is 14.0 Å². The number of aromatic nitrogens is 2. The maximum atomic E-state index is 14.1. The van der Waals surface area contributed by atoms with Crippen molar-refractivity contribution < 1.29 is 33.6 Å². The van der Waals surface area contributed by atoms with Gasteiger partial charge in [-0.25, -0.2) is 9.59 Å². The van der Waals surface area contributed by atoms with Crippen LogP contribution in [0.5, 0.6) is 17.2 Å². The van der Waals surface area contributed by atoms with Crippen LogP contribution < -0.4 is 15.0 Å². The van der Waals surface area contributed by atoms with Gasteiger partial charge in [-0.1, -0.05) is 12.2 Å². The zero-order valence-corrected chi connectivity index (χ0v) is 28.8. The first-order valence-corrected chi connectivity index (χ1v) is 15.9. The Labute approximate surface area is 279 Å². The lowest BCUT2D eigenvalue weighted by atomic mass is 9.96. The molecule has 1 aliphatic rings. The molecule has 0 saturated carbocycles. The van der Waals surface area contributed by atoms with Gasteiger partial charge in [0.2, 0.25) is 0 Å². The number of aromatic hydroxyl groups is 1. The van der Waals surface area contributed by atoms with Gasteiger partial charge in [-0.3, -0.25) is 4.79 Å². The first-order chi connectivity index (χ1) is 22.8. The lowest BCUT2D eigenvalue weighted by molar-refractivity contribution is 0.0261. The van der Waals surface area contributed by atoms with Crippen LogP contribution in [0.4, 0.5) is 4.79 Å². The van der Waals surface area contributed by atoms with Crippen molar-refractivity contribution in [2.45, 2.75) is 52.7 Å². The smallest absolute Gasteiger partial charge is 0.410 e. The Hall–Kier alpha value is -5.19. The van der Waals surface area contributed by atoms with Gasteiger partial charge >= 0.3 is 12.1 Å². The second kappa shape index (κ2) is 13.5. The summed E-state index contributed by atoms with van der Waals surface area (Å²) in [6.45, 7) is 8.52. The van der Waals surface area contributed by atoms with E-state index >= 15 is 0 Å². The summed E-state index contributed by atoms with van der Waals surface area (Å²) < 4.78 is 25.1. The first-order valence-electron chi connectivity index (χ1n) is 15.9. The lowest BCUT2D eigenvalue weighted by Gasteiger charge is -2.26. The molecule has 0 radical (unpaired) electrons. The van der Waals surface area contributed by atoms with E-state index in [4.69, 9.17) is 18.9 Å². The molecule has 11 nitrogen and oxygen atoms in total. The van der Waals surface area contributed by atoms with Crippen LogP contribution in [0.2, 0.25) is 0 Å². The third-order valence-electron chi connectivity index (χ3n) is 8.61. The molecule has 0 bridgehead atoms. The zero-order valence-electron chi connectivity index (χ0n) is 28.8. The molecule has 1 amide bonds. The minimum Gasteiger partial charge on any atom is -0.506 e. The molecular formula is C37H43N3O8. The van der Waals surface area contributed by atoms with Gasteiger partial charge in [0.25, 0.3) is 5.56 Å². The number of carbonyl (C=O) groups is 2. The molecule has 4 aromatic rings. The second-order valence-corrected chi connectivity index (χ2v) is 12.7. The molecule has 5 rings (SSSR count). The summed E-state index contributed by atoms with van der Waals surface area (Å²) in [5, 5.41) is 12.3. The Balaban J connectivity index is 1.65. The normalized spacial score (nSPS) is 12.2. The Kier molecular flexibility index (Phi) is 9.61. The summed E-state index contributed by atoms with van der Waals surface area (Å²) in [6.07, 6.45) is 4.39. The number of nitrogens with zero attached hydrogens (tertiary/aromatic N) is 3. The van der Waals surface area contributed by atoms with E-state index in [1.807, 2.05) is 53.0 Å². The van der Waals surface area contributed by atoms with Crippen LogP contribution in [0.3, 0.4) is 0 Å². The number of fused-ring (bicyclic) bond motifs is 4. The number of likely N-dealkylation sites (N-methyl/N-ethyl adjacent to an activating group) is 1. The van der Waals surface area contributed by atoms with Crippen molar-refractivity contribution in [1.29, 1.82) is 0 Å². The van der Waals surface area contributed by atoms with Gasteiger partial charge in [-0.15, -0.1) is 0 Å². The van der Waals surface area contributed by atoms with Gasteiger partial charge in [-0.05, 0) is 70.0 Å². The molecule has 0 fully saturated rings. The fraction of sp³-hybridized carbons (Fsp3) is 0.378. The largest absolute Gasteiger partial charge is 0.506 e. The Morgan fingerprint density at radius 3 is 2.44 bits per heavy atom. The van der Waals surface area contributed by atoms with Crippen LogP contribution in [0.15, 0.2) is 47.3 Å². The van der Waals surface area contributed by atoms with Crippen molar-refractivity contribution in [2.75, 3.05) is 34.4 Å². The summed E-state index contributed by atoms with van der Waals surface area (Å²) in [6, 6.07) is 11.4. The number of ether oxygens (including phenoxy) is 4. The monoisotopic (exact) mass is 657 g/mol. The number of methoxy groups -OCH3 is 3. The number of pyridine rings is 1. The Bertz CT molecular complexity index is 1980. The molecule has 0 unspecified atom stereocenters. The lowest BCUT2D eigenvalue weighted by Crippen LogP contribution is -2.38. The van der Waals surface area contributed by atoms with E-state index in [-0.39, 0.29) is 19.1 Å². The van der Waals surface area contributed by atoms with Crippen LogP contribution in [0, 0.1) is 0 Å². The van der Waals surface area contributed by atoms with Crippen LogP contribution in [0.25, 0.3) is 28.2 Å². The fourth-order valence-electron chi connectivity index (χ4n) is 6.15. The first kappa shape index (κ1) is 34.2. The van der Waals surface area contributed by atoms with E-state index in [9.17, 15) is 19.5 Å². The van der Waals surface area contributed by atoms with Crippen molar-refractivity contribution in [3.63, 3.8) is 0 Å². The minimum absolute atomic E-state index is 0.0492. The molecule has 254 valence electrons. The number of allylic oxidation sites excluding steroid dienone is 1. The third kappa shape index (κ3) is 6.49. The summed E-state index contributed by atoms with van der Waals surface area (Å²) in [5.74, 6) is -0.217. The molecule has 11 heteroatoms. The number of hydrogen-bond acceptors (Lipinski definition) is 8. The molecule has 1 aliphatic carbocycles. The maximum absolute atomic E-state index is 14.1. The predicted octanol–water partition coefficient (Wildman–Crippen LogP) is 5.93. The standard InChI is InChI=1S/C37H43N3O8/c1-9-39(36(44)48-37(2,3)4)16-15-25-17-24-18-28-22(19-29(24)38(25)5)11-10-12-27-32(28)40(34(42)31(33(27)41)35(43)47-8)21-23-13-14-26(45-6)20-30(23)46-7/h10-11,13-14,17-20,41H,9,12,15-16,21H2,1-8H3. The van der Waals surface area contributed by atoms with Crippen molar-refractivity contribution in [3.8, 4) is 28.5 Å². The highest BCUT2D eigenvalue weighted by Crippen LogP contribution is 2.40. The number of esters is 1. The van der Waals surface area contributed by atoms with Crippen LogP contribution >= 0.6 is 0 Å². The van der Waals surface area contributed by atoms with E-state index < -0.39 is 28.4 Å². The number of carbonyl (C=O) groups excluding carboxylic acids is 2. The third-order valence-corrected chi connectivity index (χ3v) is 8.61. The van der Waals surface area contributed by atoms with E-state index in [1.165, 1.54) is 18.8 Å². The maximum Gasteiger partial charge on any atom is 0.410 e. The van der Waals surface area contributed by atoms with E-state index in [1.54, 1.807) is 30.2 Å². The number of benzene rings is 2. The molecule has 0 spiro atoms. The molecule has 1 N–H and O–H groups in total. The van der Waals surface area contributed by atoms with Crippen LogP contribution in [0.1, 0.15) is 60.4 Å². The zero-order chi connectivity index (χ0) is 34.9. The predicted molar refractivity (Wildman–Crippen MR) is 184 cm³/mol. The van der Waals surface area contributed by atoms with E-state index in [0.717, 1.165) is 27.7 Å². The van der Waals surface area contributed by atoms with E-state index in [2.05, 4.69) is 16.7 Å². The topological polar surface area (TPSA) is 121 Å². The van der Waals surface area contributed by atoms with E-state index in [0.29, 0.717) is 47.8 Å². The van der Waals surface area contributed by atoms with Crippen molar-refractivity contribution in [2.24, 2.45) is 7.05 Å². The summed E-state index contributed by atoms with van der Waals surface area (Å²) in [5.41, 5.74) is 3.48. The molecule has 2 aromatic heterocycles. The highest BCUT2D eigenvalue weighted by Gasteiger charge is 2.30. The summed E-state index contributed by atoms with van der Waals surface area (Å²) in [7, 11) is 6.26. The van der Waals surface area contributed by atoms with Crippen LogP contribution in [-0.2, 0) is 35.9 Å². The molecule has 2 aromatic carbocycles. The van der Waals surface area contributed by atoms with Gasteiger partial charge in [0.1, 0.15) is 22.8 Å². The Morgan fingerprint density at radius 1 is 1.04 bits per heavy atom. The van der Waals surface area contributed by atoms with Gasteiger partial charge in [-0.2, -0.15) is 0 Å². The number of rotatable bonds is 9. The average molecular weight is 658 g/mol. The van der Waals surface area contributed by atoms with Gasteiger partial charge in [0.15, 0.2) is 5.56 Å². The minimum atomic E-state index is -0.917. The Morgan fingerprint density at radius 2 is 1.79 bits per heavy atom. The average Bonchev–Trinajstić information content (AvgIpc) is 3.22. The number of amides is 1. The quantitative estimate of drug-likeness (QED) is 0.220. The number of aryl methyl sites for hydroxylation is 1. The number of hydrogen-bond donors (Lipinski definition) is 1. The SMILES string of the molecule is CCN(CCc1cc2cc3c(cc2n1C)C=CCc1c(O)c(C(=O)OC)c(=O)n(Cc2ccc(OC)cc2OC)c1-3)C(=O)OC(C)(C)C. The molecular weight excluding hydrogens is 614 g/mol. The summed E-state index contributed by atoms with van der Waals surface area (Å²) in [4.78, 5) is 41.4. The molecule has 0 saturated heterocycles. The highest BCUT2D eigenvalue weighted by atomic mass is 16.6. The van der Waals surface area contributed by atoms with Gasteiger partial charge in [0, 0.05) is 65.9 Å². The second-order valence-electron chi connectivity index (χ2n) is 12.7. The molecule has 48 heavy (non-hydrogen) atoms.